The highest BCUT2D eigenvalue weighted by atomic mass is 19.1. The van der Waals surface area contributed by atoms with Gasteiger partial charge < -0.3 is 14.8 Å². The molecule has 0 saturated heterocycles. The van der Waals surface area contributed by atoms with E-state index in [4.69, 9.17) is 14.8 Å². The molecule has 5 heteroatoms. The molecule has 1 aliphatic rings. The molecule has 2 N–H and O–H groups in total. The molecule has 2 rings (SSSR count). The molecule has 1 heterocycles. The van der Waals surface area contributed by atoms with Crippen molar-refractivity contribution >= 4 is 13.2 Å². The van der Waals surface area contributed by atoms with E-state index in [1.165, 1.54) is 18.1 Å². The standard InChI is InChI=1S/C12H14BFO3/c1-8-9(4-5-13(15)16)7-11(14)12-10(8)3-2-6-17-12/h4-5,7,15-16H,2-3,6H2,1H3. The van der Waals surface area contributed by atoms with Gasteiger partial charge in [-0.2, -0.15) is 0 Å². The van der Waals surface area contributed by atoms with Crippen molar-refractivity contribution in [3.63, 3.8) is 0 Å². The lowest BCUT2D eigenvalue weighted by Crippen LogP contribution is -2.12. The largest absolute Gasteiger partial charge is 0.490 e. The molecule has 0 unspecified atom stereocenters. The zero-order chi connectivity index (χ0) is 12.4. The van der Waals surface area contributed by atoms with Crippen LogP contribution in [0.2, 0.25) is 0 Å². The van der Waals surface area contributed by atoms with E-state index < -0.39 is 12.9 Å². The van der Waals surface area contributed by atoms with Crippen molar-refractivity contribution in [2.45, 2.75) is 19.8 Å². The predicted octanol–water partition coefficient (Wildman–Crippen LogP) is 1.48. The lowest BCUT2D eigenvalue weighted by molar-refractivity contribution is 0.272. The summed E-state index contributed by atoms with van der Waals surface area (Å²) in [6.45, 7) is 2.43. The Hall–Kier alpha value is -1.33. The van der Waals surface area contributed by atoms with Crippen LogP contribution in [0.3, 0.4) is 0 Å². The molecule has 0 amide bonds. The van der Waals surface area contributed by atoms with Crippen molar-refractivity contribution in [3.8, 4) is 5.75 Å². The topological polar surface area (TPSA) is 49.7 Å². The zero-order valence-corrected chi connectivity index (χ0v) is 9.61. The summed E-state index contributed by atoms with van der Waals surface area (Å²) in [5.74, 6) is 1.16. The lowest BCUT2D eigenvalue weighted by atomic mass is 9.88. The molecule has 0 spiro atoms. The monoisotopic (exact) mass is 236 g/mol. The van der Waals surface area contributed by atoms with Gasteiger partial charge in [-0.3, -0.25) is 0 Å². The van der Waals surface area contributed by atoms with E-state index in [9.17, 15) is 4.39 Å². The van der Waals surface area contributed by atoms with Crippen molar-refractivity contribution in [1.82, 2.24) is 0 Å². The fourth-order valence-electron chi connectivity index (χ4n) is 2.04. The first-order valence-electron chi connectivity index (χ1n) is 5.58. The van der Waals surface area contributed by atoms with Gasteiger partial charge >= 0.3 is 7.12 Å². The number of ether oxygens (including phenoxy) is 1. The van der Waals surface area contributed by atoms with E-state index in [1.807, 2.05) is 6.92 Å². The Kier molecular flexibility index (Phi) is 3.50. The van der Waals surface area contributed by atoms with Crippen LogP contribution in [0, 0.1) is 12.7 Å². The molecule has 0 bridgehead atoms. The van der Waals surface area contributed by atoms with Gasteiger partial charge in [-0.25, -0.2) is 4.39 Å². The second kappa shape index (κ2) is 4.90. The van der Waals surface area contributed by atoms with E-state index in [0.29, 0.717) is 17.9 Å². The summed E-state index contributed by atoms with van der Waals surface area (Å²) in [7, 11) is -1.52. The van der Waals surface area contributed by atoms with Crippen LogP contribution in [0.4, 0.5) is 4.39 Å². The maximum Gasteiger partial charge on any atom is 0.480 e. The molecule has 0 aliphatic carbocycles. The van der Waals surface area contributed by atoms with Crippen LogP contribution in [0.5, 0.6) is 5.75 Å². The van der Waals surface area contributed by atoms with Gasteiger partial charge in [-0.15, -0.1) is 0 Å². The molecule has 17 heavy (non-hydrogen) atoms. The maximum atomic E-state index is 13.8. The Morgan fingerprint density at radius 2 is 2.24 bits per heavy atom. The molecule has 90 valence electrons. The Bertz CT molecular complexity index is 458. The molecule has 0 atom stereocenters. The molecular weight excluding hydrogens is 222 g/mol. The summed E-state index contributed by atoms with van der Waals surface area (Å²) < 4.78 is 19.1. The van der Waals surface area contributed by atoms with Gasteiger partial charge in [-0.1, -0.05) is 12.1 Å². The molecule has 1 aromatic carbocycles. The molecular formula is C12H14BFO3. The summed E-state index contributed by atoms with van der Waals surface area (Å²) in [6, 6.07) is 1.36. The molecule has 0 saturated carbocycles. The van der Waals surface area contributed by atoms with Crippen molar-refractivity contribution in [2.75, 3.05) is 6.61 Å². The molecule has 0 fully saturated rings. The molecule has 1 aromatic rings. The van der Waals surface area contributed by atoms with Crippen molar-refractivity contribution in [2.24, 2.45) is 0 Å². The number of benzene rings is 1. The quantitative estimate of drug-likeness (QED) is 0.764. The number of fused-ring (bicyclic) bond motifs is 1. The minimum atomic E-state index is -1.52. The molecule has 3 nitrogen and oxygen atoms in total. The minimum absolute atomic E-state index is 0.343. The van der Waals surface area contributed by atoms with Gasteiger partial charge in [0, 0.05) is 5.56 Å². The Labute approximate surface area is 99.7 Å². The maximum absolute atomic E-state index is 13.8. The first-order valence-corrected chi connectivity index (χ1v) is 5.58. The third-order valence-electron chi connectivity index (χ3n) is 2.92. The summed E-state index contributed by atoms with van der Waals surface area (Å²) >= 11 is 0. The number of hydrogen-bond donors (Lipinski definition) is 2. The number of rotatable bonds is 2. The normalized spacial score (nSPS) is 14.6. The van der Waals surface area contributed by atoms with Gasteiger partial charge in [0.25, 0.3) is 0 Å². The van der Waals surface area contributed by atoms with Crippen molar-refractivity contribution in [3.05, 3.63) is 34.5 Å². The van der Waals surface area contributed by atoms with Crippen LogP contribution in [0.25, 0.3) is 6.08 Å². The Morgan fingerprint density at radius 3 is 2.94 bits per heavy atom. The highest BCUT2D eigenvalue weighted by Gasteiger charge is 2.19. The SMILES string of the molecule is Cc1c(C=CB(O)O)cc(F)c2c1CCCO2. The highest BCUT2D eigenvalue weighted by Crippen LogP contribution is 2.33. The van der Waals surface area contributed by atoms with E-state index in [0.717, 1.165) is 24.0 Å². The van der Waals surface area contributed by atoms with E-state index >= 15 is 0 Å². The summed E-state index contributed by atoms with van der Waals surface area (Å²) in [4.78, 5) is 0. The lowest BCUT2D eigenvalue weighted by Gasteiger charge is -2.21. The van der Waals surface area contributed by atoms with E-state index in [1.54, 1.807) is 0 Å². The van der Waals surface area contributed by atoms with Gasteiger partial charge in [0.2, 0.25) is 0 Å². The fourth-order valence-corrected chi connectivity index (χ4v) is 2.04. The highest BCUT2D eigenvalue weighted by molar-refractivity contribution is 6.48. The molecule has 0 radical (unpaired) electrons. The van der Waals surface area contributed by atoms with Gasteiger partial charge in [-0.05, 0) is 37.0 Å². The third kappa shape index (κ3) is 2.51. The molecule has 0 aromatic heterocycles. The second-order valence-electron chi connectivity index (χ2n) is 4.11. The van der Waals surface area contributed by atoms with Gasteiger partial charge in [0.1, 0.15) is 0 Å². The average molecular weight is 236 g/mol. The van der Waals surface area contributed by atoms with E-state index in [2.05, 4.69) is 0 Å². The van der Waals surface area contributed by atoms with Crippen LogP contribution < -0.4 is 4.74 Å². The average Bonchev–Trinajstić information content (AvgIpc) is 2.32. The predicted molar refractivity (Wildman–Crippen MR) is 64.2 cm³/mol. The second-order valence-corrected chi connectivity index (χ2v) is 4.11. The van der Waals surface area contributed by atoms with Crippen LogP contribution >= 0.6 is 0 Å². The third-order valence-corrected chi connectivity index (χ3v) is 2.92. The minimum Gasteiger partial charge on any atom is -0.490 e. The number of hydrogen-bond acceptors (Lipinski definition) is 3. The summed E-state index contributed by atoms with van der Waals surface area (Å²) in [5.41, 5.74) is 2.46. The van der Waals surface area contributed by atoms with Crippen LogP contribution in [0.1, 0.15) is 23.1 Å². The summed E-state index contributed by atoms with van der Waals surface area (Å²) in [6.07, 6.45) is 3.18. The van der Waals surface area contributed by atoms with Gasteiger partial charge in [0.15, 0.2) is 11.6 Å². The first-order chi connectivity index (χ1) is 8.09. The van der Waals surface area contributed by atoms with Crippen molar-refractivity contribution in [1.29, 1.82) is 0 Å². The smallest absolute Gasteiger partial charge is 0.480 e. The van der Waals surface area contributed by atoms with Crippen molar-refractivity contribution < 1.29 is 19.2 Å². The number of halogens is 1. The van der Waals surface area contributed by atoms with Crippen LogP contribution in [-0.4, -0.2) is 23.8 Å². The first kappa shape index (κ1) is 12.1. The van der Waals surface area contributed by atoms with Gasteiger partial charge in [0.05, 0.1) is 6.61 Å². The van der Waals surface area contributed by atoms with Crippen LogP contribution in [-0.2, 0) is 6.42 Å². The Morgan fingerprint density at radius 1 is 1.47 bits per heavy atom. The van der Waals surface area contributed by atoms with Crippen LogP contribution in [0.15, 0.2) is 12.0 Å². The zero-order valence-electron chi connectivity index (χ0n) is 9.61. The summed E-state index contributed by atoms with van der Waals surface area (Å²) in [5, 5.41) is 17.5. The molecule has 1 aliphatic heterocycles. The van der Waals surface area contributed by atoms with E-state index in [-0.39, 0.29) is 0 Å². The fraction of sp³-hybridized carbons (Fsp3) is 0.333. The Balaban J connectivity index is 2.45.